The minimum atomic E-state index is -0.311. The van der Waals surface area contributed by atoms with E-state index >= 15 is 0 Å². The lowest BCUT2D eigenvalue weighted by molar-refractivity contribution is -0.129. The highest BCUT2D eigenvalue weighted by Gasteiger charge is 2.26. The molecule has 0 atom stereocenters. The summed E-state index contributed by atoms with van der Waals surface area (Å²) in [6, 6.07) is 10.4. The molecular weight excluding hydrogens is 1080 g/mol. The van der Waals surface area contributed by atoms with Gasteiger partial charge in [0.1, 0.15) is 0 Å². The Kier molecular flexibility index (Phi) is 50.3. The molecule has 0 radical (unpaired) electrons. The molecule has 86 heavy (non-hydrogen) atoms. The third kappa shape index (κ3) is 62.0. The Labute approximate surface area is 527 Å². The maximum absolute atomic E-state index is 11.5. The van der Waals surface area contributed by atoms with Gasteiger partial charge in [0.15, 0.2) is 0 Å². The zero-order chi connectivity index (χ0) is 69.1. The molecule has 2 rings (SSSR count). The van der Waals surface area contributed by atoms with Crippen molar-refractivity contribution in [3.63, 3.8) is 0 Å². The van der Waals surface area contributed by atoms with Gasteiger partial charge in [-0.15, -0.1) is 0 Å². The molecule has 1 aromatic rings. The van der Waals surface area contributed by atoms with E-state index < -0.39 is 0 Å². The van der Waals surface area contributed by atoms with Crippen molar-refractivity contribution in [1.29, 1.82) is 0 Å². The number of likely N-dealkylation sites (N-methyl/N-ethyl adjacent to an activating group) is 1. The molecule has 1 aromatic carbocycles. The molecule has 1 fully saturated rings. The van der Waals surface area contributed by atoms with E-state index in [1.165, 1.54) is 12.8 Å². The number of nitrogens with zero attached hydrogens (tertiary/aromatic N) is 2. The van der Waals surface area contributed by atoms with Gasteiger partial charge in [0, 0.05) is 103 Å². The minimum Gasteiger partial charge on any atom is -0.359 e. The van der Waals surface area contributed by atoms with Gasteiger partial charge in [-0.25, -0.2) is 0 Å². The first kappa shape index (κ1) is 92.1. The van der Waals surface area contributed by atoms with E-state index in [1.54, 1.807) is 7.05 Å². The predicted octanol–water partition coefficient (Wildman–Crippen LogP) is 10.5. The first-order valence-corrected chi connectivity index (χ1v) is 31.4. The standard InChI is InChI=1S/C12H17NO.C10H22N2O.C9H20N2O.C9H19NO.C8H17NO.C7H13NO.C7H15NO.C6H13NO/c1-12(2,3)11(14)13-9-10-7-5-4-6-8-10;1-10(2,3)9(13)11-7-6-8-12(4)5;1-9(2,3)8(12)10-6-7-11(4)5;1-5-6-7-10-8(11)9(2,3)4;1-5-6-9-7(10)8(2,3)4;1-5(2)7(9)8-6-3-4-6;1-5-8-6(9)7(2,3)4;1-6(2,3)5(8)7-4/h4-8H,9H2,1-3H3,(H,13,14);6-8H2,1-5H3,(H,11,13);6-7H2,1-5H3,(H,10,12);5-7H2,1-4H3,(H,10,11);5-6H2,1-4H3,(H,9,10);5-6H,3-4H2,1-2H3,(H,8,9);5H2,1-4H3,(H,8,9);1-4H3,(H,7,8). The van der Waals surface area contributed by atoms with Crippen molar-refractivity contribution in [2.75, 3.05) is 81.1 Å². The topological polar surface area (TPSA) is 239 Å². The second-order valence-corrected chi connectivity index (χ2v) is 29.6. The number of nitrogens with one attached hydrogen (secondary N) is 8. The van der Waals surface area contributed by atoms with E-state index in [0.29, 0.717) is 12.6 Å². The zero-order valence-corrected chi connectivity index (χ0v) is 61.1. The van der Waals surface area contributed by atoms with Gasteiger partial charge in [0.25, 0.3) is 0 Å². The smallest absolute Gasteiger partial charge is 0.225 e. The Balaban J connectivity index is -0.000000214. The van der Waals surface area contributed by atoms with Crippen LogP contribution in [0.5, 0.6) is 0 Å². The van der Waals surface area contributed by atoms with Crippen LogP contribution in [0.25, 0.3) is 0 Å². The minimum absolute atomic E-state index is 0.0810. The monoisotopic (exact) mass is 1220 g/mol. The van der Waals surface area contributed by atoms with Crippen LogP contribution in [0.4, 0.5) is 0 Å². The summed E-state index contributed by atoms with van der Waals surface area (Å²) in [5.41, 5.74) is -0.683. The number of carbonyl (C=O) groups is 8. The Morgan fingerprint density at radius 2 is 0.756 bits per heavy atom. The van der Waals surface area contributed by atoms with Gasteiger partial charge in [0.2, 0.25) is 47.3 Å². The number of unbranched alkanes of at least 4 members (excludes halogenated alkanes) is 1. The van der Waals surface area contributed by atoms with Gasteiger partial charge < -0.3 is 52.3 Å². The van der Waals surface area contributed by atoms with Crippen LogP contribution in [-0.2, 0) is 44.9 Å². The Morgan fingerprint density at radius 1 is 0.430 bits per heavy atom. The first-order valence-electron chi connectivity index (χ1n) is 31.4. The maximum Gasteiger partial charge on any atom is 0.225 e. The first-order chi connectivity index (χ1) is 38.8. The molecule has 0 saturated heterocycles. The normalized spacial score (nSPS) is 12.1. The quantitative estimate of drug-likeness (QED) is 0.0687. The second kappa shape index (κ2) is 47.0. The average Bonchev–Trinajstić information content (AvgIpc) is 4.23. The van der Waals surface area contributed by atoms with Crippen LogP contribution < -0.4 is 42.5 Å². The molecule has 0 spiro atoms. The summed E-state index contributed by atoms with van der Waals surface area (Å²) in [6.07, 6.45) is 6.57. The van der Waals surface area contributed by atoms with Crippen molar-refractivity contribution in [1.82, 2.24) is 52.3 Å². The summed E-state index contributed by atoms with van der Waals surface area (Å²) in [7, 11) is 9.69. The number of rotatable bonds is 17. The van der Waals surface area contributed by atoms with Crippen molar-refractivity contribution < 1.29 is 38.4 Å². The molecule has 0 bridgehead atoms. The van der Waals surface area contributed by atoms with E-state index in [1.807, 2.05) is 237 Å². The van der Waals surface area contributed by atoms with Gasteiger partial charge in [0.05, 0.1) is 0 Å². The van der Waals surface area contributed by atoms with Crippen LogP contribution in [0.15, 0.2) is 30.3 Å². The SMILES string of the molecule is CC(C)(C)C(=O)NCc1ccccc1.CC(C)C(=O)NC1CC1.CCCCNC(=O)C(C)(C)C.CCCNC(=O)C(C)(C)C.CCNC(=O)C(C)(C)C.CN(C)CCCNC(=O)C(C)(C)C.CN(C)CCNC(=O)C(C)(C)C.CNC(=O)C(C)(C)C. The van der Waals surface area contributed by atoms with Gasteiger partial charge in [-0.05, 0) is 79.3 Å². The number of carbonyl (C=O) groups excluding carboxylic acids is 8. The van der Waals surface area contributed by atoms with Crippen LogP contribution in [0.2, 0.25) is 0 Å². The molecule has 1 aliphatic carbocycles. The van der Waals surface area contributed by atoms with E-state index in [-0.39, 0.29) is 91.1 Å². The number of benzene rings is 1. The molecule has 0 aromatic heterocycles. The number of hydrogen-bond acceptors (Lipinski definition) is 10. The van der Waals surface area contributed by atoms with Crippen LogP contribution >= 0.6 is 0 Å². The molecule has 506 valence electrons. The van der Waals surface area contributed by atoms with Crippen molar-refractivity contribution in [3.8, 4) is 0 Å². The number of hydrogen-bond donors (Lipinski definition) is 8. The predicted molar refractivity (Wildman–Crippen MR) is 362 cm³/mol. The second-order valence-electron chi connectivity index (χ2n) is 29.6. The molecule has 0 unspecified atom stereocenters. The van der Waals surface area contributed by atoms with E-state index in [2.05, 4.69) is 54.4 Å². The fourth-order valence-electron chi connectivity index (χ4n) is 5.11. The van der Waals surface area contributed by atoms with E-state index in [0.717, 1.165) is 77.1 Å². The molecule has 0 heterocycles. The average molecular weight is 1220 g/mol. The van der Waals surface area contributed by atoms with Gasteiger partial charge >= 0.3 is 0 Å². The van der Waals surface area contributed by atoms with E-state index in [4.69, 9.17) is 0 Å². The highest BCUT2D eigenvalue weighted by atomic mass is 16.2. The molecular formula is C68H136N10O8. The van der Waals surface area contributed by atoms with Crippen molar-refractivity contribution in [2.24, 2.45) is 43.8 Å². The summed E-state index contributed by atoms with van der Waals surface area (Å²) < 4.78 is 0. The lowest BCUT2D eigenvalue weighted by Crippen LogP contribution is -2.38. The molecule has 1 saturated carbocycles. The highest BCUT2D eigenvalue weighted by molar-refractivity contribution is 5.84. The van der Waals surface area contributed by atoms with Gasteiger partial charge in [-0.2, -0.15) is 0 Å². The maximum atomic E-state index is 11.5. The molecule has 8 amide bonds. The molecule has 18 nitrogen and oxygen atoms in total. The highest BCUT2D eigenvalue weighted by Crippen LogP contribution is 2.19. The summed E-state index contributed by atoms with van der Waals surface area (Å²) in [4.78, 5) is 93.3. The number of amides is 8. The molecule has 1 aliphatic rings. The van der Waals surface area contributed by atoms with Crippen molar-refractivity contribution >= 4 is 47.3 Å². The lowest BCUT2D eigenvalue weighted by atomic mass is 9.95. The lowest BCUT2D eigenvalue weighted by Gasteiger charge is -2.18. The zero-order valence-electron chi connectivity index (χ0n) is 61.1. The molecule has 0 aliphatic heterocycles. The third-order valence-corrected chi connectivity index (χ3v) is 11.3. The Morgan fingerprint density at radius 3 is 1.02 bits per heavy atom. The Hall–Kier alpha value is -5.10. The van der Waals surface area contributed by atoms with Crippen molar-refractivity contribution in [2.45, 2.75) is 231 Å². The fraction of sp³-hybridized carbons (Fsp3) is 0.794. The molecule has 18 heteroatoms. The van der Waals surface area contributed by atoms with Crippen LogP contribution in [0.3, 0.4) is 0 Å². The summed E-state index contributed by atoms with van der Waals surface area (Å²) in [5, 5.41) is 22.6. The largest absolute Gasteiger partial charge is 0.359 e. The molecule has 8 N–H and O–H groups in total. The van der Waals surface area contributed by atoms with Crippen LogP contribution in [0.1, 0.15) is 224 Å². The summed E-state index contributed by atoms with van der Waals surface area (Å²) in [5.74, 6) is 1.14. The van der Waals surface area contributed by atoms with Gasteiger partial charge in [-0.3, -0.25) is 38.4 Å². The summed E-state index contributed by atoms with van der Waals surface area (Å²) >= 11 is 0. The Bertz CT molecular complexity index is 1990. The van der Waals surface area contributed by atoms with Crippen molar-refractivity contribution in [3.05, 3.63) is 35.9 Å². The summed E-state index contributed by atoms with van der Waals surface area (Å²) in [6.45, 7) is 56.4. The third-order valence-electron chi connectivity index (χ3n) is 11.3. The van der Waals surface area contributed by atoms with Crippen LogP contribution in [-0.4, -0.2) is 144 Å². The van der Waals surface area contributed by atoms with Crippen LogP contribution in [0, 0.1) is 43.8 Å². The van der Waals surface area contributed by atoms with Gasteiger partial charge in [-0.1, -0.05) is 210 Å². The fourth-order valence-corrected chi connectivity index (χ4v) is 5.11. The van der Waals surface area contributed by atoms with E-state index in [9.17, 15) is 38.4 Å².